The number of amides is 1. The van der Waals surface area contributed by atoms with Crippen LogP contribution in [0.5, 0.6) is 0 Å². The van der Waals surface area contributed by atoms with Crippen molar-refractivity contribution in [3.05, 3.63) is 92.9 Å². The predicted molar refractivity (Wildman–Crippen MR) is 132 cm³/mol. The zero-order valence-electron chi connectivity index (χ0n) is 20.9. The van der Waals surface area contributed by atoms with Crippen LogP contribution in [0.4, 0.5) is 33.3 Å². The van der Waals surface area contributed by atoms with Crippen LogP contribution in [0.25, 0.3) is 0 Å². The minimum Gasteiger partial charge on any atom is -0.467 e. The van der Waals surface area contributed by atoms with Crippen molar-refractivity contribution in [2.75, 3.05) is 18.6 Å². The minimum atomic E-state index is -4.78. The van der Waals surface area contributed by atoms with E-state index in [1.54, 1.807) is 18.2 Å². The number of ether oxygens (including phenoxy) is 1. The highest BCUT2D eigenvalue weighted by Crippen LogP contribution is 2.40. The molecule has 1 atom stereocenters. The van der Waals surface area contributed by atoms with E-state index >= 15 is 0 Å². The second-order valence-corrected chi connectivity index (χ2v) is 9.01. The van der Waals surface area contributed by atoms with Crippen LogP contribution in [0.3, 0.4) is 0 Å². The smallest absolute Gasteiger partial charge is 0.418 e. The molecule has 0 radical (unpaired) electrons. The third kappa shape index (κ3) is 5.50. The maximum Gasteiger partial charge on any atom is 0.418 e. The first-order chi connectivity index (χ1) is 18.4. The van der Waals surface area contributed by atoms with Crippen molar-refractivity contribution in [3.63, 3.8) is 0 Å². The number of nitrogens with one attached hydrogen (secondary N) is 1. The van der Waals surface area contributed by atoms with Crippen LogP contribution >= 0.6 is 0 Å². The van der Waals surface area contributed by atoms with E-state index in [0.717, 1.165) is 42.1 Å². The summed E-state index contributed by atoms with van der Waals surface area (Å²) < 4.78 is 75.7. The van der Waals surface area contributed by atoms with Crippen LogP contribution in [0.2, 0.25) is 0 Å². The van der Waals surface area contributed by atoms with Crippen molar-refractivity contribution in [1.82, 2.24) is 9.88 Å². The molecule has 0 saturated carbocycles. The number of aryl methyl sites for hydroxylation is 1. The number of esters is 1. The summed E-state index contributed by atoms with van der Waals surface area (Å²) >= 11 is 0. The molecule has 0 bridgehead atoms. The summed E-state index contributed by atoms with van der Waals surface area (Å²) in [5.41, 5.74) is -1.87. The van der Waals surface area contributed by atoms with Crippen LogP contribution in [0, 0.1) is 11.6 Å². The first kappa shape index (κ1) is 27.8. The molecule has 0 aliphatic carbocycles. The van der Waals surface area contributed by atoms with E-state index in [-0.39, 0.29) is 13.0 Å². The van der Waals surface area contributed by atoms with Gasteiger partial charge in [0.15, 0.2) is 0 Å². The van der Waals surface area contributed by atoms with Gasteiger partial charge in [-0.05, 0) is 48.2 Å². The van der Waals surface area contributed by atoms with E-state index in [2.05, 4.69) is 5.32 Å². The van der Waals surface area contributed by atoms with Crippen LogP contribution in [-0.2, 0) is 35.6 Å². The lowest BCUT2D eigenvalue weighted by molar-refractivity contribution is -0.143. The van der Waals surface area contributed by atoms with Gasteiger partial charge in [0.05, 0.1) is 12.7 Å². The van der Waals surface area contributed by atoms with Gasteiger partial charge >= 0.3 is 12.1 Å². The summed E-state index contributed by atoms with van der Waals surface area (Å²) in [4.78, 5) is 39.4. The number of rotatable bonds is 6. The zero-order valence-corrected chi connectivity index (χ0v) is 20.9. The maximum absolute atomic E-state index is 14.1. The maximum atomic E-state index is 14.1. The van der Waals surface area contributed by atoms with Crippen molar-refractivity contribution in [3.8, 4) is 0 Å². The number of nitrogens with zero attached hydrogens (tertiary/aromatic N) is 2. The third-order valence-corrected chi connectivity index (χ3v) is 6.57. The lowest BCUT2D eigenvalue weighted by Crippen LogP contribution is -2.44. The van der Waals surface area contributed by atoms with E-state index in [1.165, 1.54) is 11.9 Å². The lowest BCUT2D eigenvalue weighted by atomic mass is 9.91. The summed E-state index contributed by atoms with van der Waals surface area (Å²) in [5, 5.41) is 2.30. The largest absolute Gasteiger partial charge is 0.467 e. The molecular formula is C27H24F5N3O4. The van der Waals surface area contributed by atoms with E-state index in [0.29, 0.717) is 29.7 Å². The fraction of sp³-hybridized carbons (Fsp3) is 0.296. The van der Waals surface area contributed by atoms with E-state index < -0.39 is 58.1 Å². The normalized spacial score (nSPS) is 14.0. The number of aromatic nitrogens is 1. The molecule has 3 aromatic rings. The van der Waals surface area contributed by atoms with E-state index in [1.807, 2.05) is 0 Å². The quantitative estimate of drug-likeness (QED) is 0.367. The standard InChI is InChI=1S/C27H24F5N3O4/c1-34-13-11-17(27(30,31)32)23(25(34)37)35-12-5-7-16-15(6-3-10-21(16)35)14-20(26(38)39-2)33-24(36)22-18(28)8-4-9-19(22)29/h3-4,6,8-11,13,20H,5,7,12,14H2,1-2H3,(H,33,36)/t20-/m0/s1. The molecule has 39 heavy (non-hydrogen) atoms. The Labute approximate surface area is 219 Å². The number of alkyl halides is 3. The Morgan fingerprint density at radius 1 is 1.08 bits per heavy atom. The summed E-state index contributed by atoms with van der Waals surface area (Å²) in [6, 6.07) is 7.13. The minimum absolute atomic E-state index is 0.141. The van der Waals surface area contributed by atoms with Gasteiger partial charge in [-0.3, -0.25) is 9.59 Å². The second-order valence-electron chi connectivity index (χ2n) is 9.01. The van der Waals surface area contributed by atoms with Gasteiger partial charge in [-0.2, -0.15) is 13.2 Å². The molecule has 1 aliphatic heterocycles. The van der Waals surface area contributed by atoms with Crippen LogP contribution < -0.4 is 15.8 Å². The van der Waals surface area contributed by atoms with Crippen LogP contribution in [0.15, 0.2) is 53.5 Å². The molecule has 0 saturated heterocycles. The SMILES string of the molecule is COC(=O)[C@H](Cc1cccc2c1CCCN2c1c(C(F)(F)F)ccn(C)c1=O)NC(=O)c1c(F)cccc1F. The van der Waals surface area contributed by atoms with E-state index in [9.17, 15) is 36.3 Å². The van der Waals surface area contributed by atoms with Crippen LogP contribution in [0.1, 0.15) is 33.5 Å². The number of halogens is 5. The Bertz CT molecular complexity index is 1460. The topological polar surface area (TPSA) is 80.6 Å². The first-order valence-electron chi connectivity index (χ1n) is 11.9. The molecule has 12 heteroatoms. The Balaban J connectivity index is 1.73. The predicted octanol–water partition coefficient (Wildman–Crippen LogP) is 4.28. The third-order valence-electron chi connectivity index (χ3n) is 6.57. The number of carbonyl (C=O) groups excluding carboxylic acids is 2. The van der Waals surface area contributed by atoms with Gasteiger partial charge in [0, 0.05) is 31.9 Å². The van der Waals surface area contributed by atoms with Gasteiger partial charge in [0.25, 0.3) is 11.5 Å². The molecule has 0 unspecified atom stereocenters. The number of carbonyl (C=O) groups is 2. The van der Waals surface area contributed by atoms with Gasteiger partial charge in [-0.25, -0.2) is 13.6 Å². The molecule has 0 fully saturated rings. The Morgan fingerprint density at radius 2 is 1.74 bits per heavy atom. The number of anilines is 2. The molecule has 2 aromatic carbocycles. The fourth-order valence-electron chi connectivity index (χ4n) is 4.73. The summed E-state index contributed by atoms with van der Waals surface area (Å²) in [6.07, 6.45) is -3.09. The molecule has 1 aliphatic rings. The summed E-state index contributed by atoms with van der Waals surface area (Å²) in [7, 11) is 2.44. The average Bonchev–Trinajstić information content (AvgIpc) is 2.88. The first-order valence-corrected chi connectivity index (χ1v) is 11.9. The van der Waals surface area contributed by atoms with Crippen molar-refractivity contribution < 1.29 is 36.3 Å². The second kappa shape index (κ2) is 10.9. The van der Waals surface area contributed by atoms with Gasteiger partial charge < -0.3 is 19.5 Å². The summed E-state index contributed by atoms with van der Waals surface area (Å²) in [5.74, 6) is -4.29. The Morgan fingerprint density at radius 3 is 2.38 bits per heavy atom. The Kier molecular flexibility index (Phi) is 7.75. The van der Waals surface area contributed by atoms with Crippen molar-refractivity contribution in [2.45, 2.75) is 31.5 Å². The van der Waals surface area contributed by atoms with Crippen molar-refractivity contribution in [2.24, 2.45) is 7.05 Å². The summed E-state index contributed by atoms with van der Waals surface area (Å²) in [6.45, 7) is 0.141. The van der Waals surface area contributed by atoms with Crippen molar-refractivity contribution >= 4 is 23.3 Å². The molecule has 1 amide bonds. The number of benzene rings is 2. The number of methoxy groups -OCH3 is 1. The molecule has 7 nitrogen and oxygen atoms in total. The van der Waals surface area contributed by atoms with Gasteiger partial charge in [0.1, 0.15) is 28.9 Å². The van der Waals surface area contributed by atoms with Gasteiger partial charge in [-0.15, -0.1) is 0 Å². The monoisotopic (exact) mass is 549 g/mol. The number of fused-ring (bicyclic) bond motifs is 1. The highest BCUT2D eigenvalue weighted by atomic mass is 19.4. The molecule has 4 rings (SSSR count). The molecule has 1 N–H and O–H groups in total. The molecule has 2 heterocycles. The highest BCUT2D eigenvalue weighted by Gasteiger charge is 2.38. The zero-order chi connectivity index (χ0) is 28.5. The molecule has 1 aromatic heterocycles. The number of pyridine rings is 1. The van der Waals surface area contributed by atoms with Gasteiger partial charge in [0.2, 0.25) is 0 Å². The fourth-order valence-corrected chi connectivity index (χ4v) is 4.73. The van der Waals surface area contributed by atoms with Gasteiger partial charge in [-0.1, -0.05) is 18.2 Å². The molecule has 206 valence electrons. The Hall–Kier alpha value is -4.22. The molecule has 0 spiro atoms. The number of hydrogen-bond donors (Lipinski definition) is 1. The van der Waals surface area contributed by atoms with Crippen LogP contribution in [-0.4, -0.2) is 36.1 Å². The van der Waals surface area contributed by atoms with Crippen molar-refractivity contribution in [1.29, 1.82) is 0 Å². The number of hydrogen-bond acceptors (Lipinski definition) is 5. The lowest BCUT2D eigenvalue weighted by Gasteiger charge is -2.34. The molecular weight excluding hydrogens is 525 g/mol. The average molecular weight is 549 g/mol. The van der Waals surface area contributed by atoms with E-state index in [4.69, 9.17) is 4.74 Å². The highest BCUT2D eigenvalue weighted by molar-refractivity contribution is 5.97.